The number of rotatable bonds is 7. The lowest BCUT2D eigenvalue weighted by molar-refractivity contribution is -0.0124. The van der Waals surface area contributed by atoms with Crippen molar-refractivity contribution >= 4 is 15.7 Å². The van der Waals surface area contributed by atoms with E-state index in [1.165, 1.54) is 56.8 Å². The Morgan fingerprint density at radius 2 is 1.93 bits per heavy atom. The minimum Gasteiger partial charge on any atom is -0.390 e. The highest BCUT2D eigenvalue weighted by molar-refractivity contribution is 7.92. The molecule has 2 saturated carbocycles. The van der Waals surface area contributed by atoms with Gasteiger partial charge in [-0.25, -0.2) is 8.42 Å². The van der Waals surface area contributed by atoms with Gasteiger partial charge < -0.3 is 10.0 Å². The van der Waals surface area contributed by atoms with Crippen molar-refractivity contribution in [1.82, 2.24) is 4.90 Å². The highest BCUT2D eigenvalue weighted by Crippen LogP contribution is 2.47. The summed E-state index contributed by atoms with van der Waals surface area (Å²) in [6.07, 6.45) is 14.8. The topological polar surface area (TPSA) is 69.6 Å². The lowest BCUT2D eigenvalue weighted by Gasteiger charge is -2.51. The second-order valence-electron chi connectivity index (χ2n) is 10.2. The van der Waals surface area contributed by atoms with Crippen molar-refractivity contribution in [2.45, 2.75) is 94.1 Å². The van der Waals surface area contributed by atoms with E-state index in [1.807, 2.05) is 12.1 Å². The Balaban J connectivity index is 1.38. The van der Waals surface area contributed by atoms with Crippen LogP contribution in [-0.4, -0.2) is 49.4 Å². The lowest BCUT2D eigenvalue weighted by Crippen LogP contribution is -2.52. The maximum Gasteiger partial charge on any atom is 0.229 e. The molecule has 4 rings (SSSR count). The van der Waals surface area contributed by atoms with Crippen molar-refractivity contribution in [1.29, 1.82) is 0 Å². The van der Waals surface area contributed by atoms with Gasteiger partial charge in [0, 0.05) is 11.7 Å². The number of piperidine rings is 1. The van der Waals surface area contributed by atoms with E-state index in [0.29, 0.717) is 11.7 Å². The minimum absolute atomic E-state index is 0.177. The predicted molar refractivity (Wildman–Crippen MR) is 122 cm³/mol. The molecule has 0 aromatic heterocycles. The molecular formula is C24H38N2O3S. The van der Waals surface area contributed by atoms with Crippen LogP contribution in [0.3, 0.4) is 0 Å². The molecule has 2 bridgehead atoms. The molecular weight excluding hydrogens is 396 g/mol. The number of benzene rings is 1. The van der Waals surface area contributed by atoms with E-state index < -0.39 is 15.6 Å². The smallest absolute Gasteiger partial charge is 0.229 e. The van der Waals surface area contributed by atoms with E-state index in [0.717, 1.165) is 45.2 Å². The van der Waals surface area contributed by atoms with E-state index in [2.05, 4.69) is 21.8 Å². The first-order valence-corrected chi connectivity index (χ1v) is 13.7. The molecule has 2 aliphatic carbocycles. The Hall–Kier alpha value is -1.11. The third kappa shape index (κ3) is 5.20. The van der Waals surface area contributed by atoms with Gasteiger partial charge >= 0.3 is 0 Å². The van der Waals surface area contributed by atoms with Crippen molar-refractivity contribution in [2.24, 2.45) is 0 Å². The van der Waals surface area contributed by atoms with Crippen LogP contribution in [0.25, 0.3) is 0 Å². The molecule has 3 aliphatic rings. The summed E-state index contributed by atoms with van der Waals surface area (Å²) in [6, 6.07) is 8.67. The Bertz CT molecular complexity index is 835. The molecule has 0 amide bonds. The SMILES string of the molecule is CS(=O)(=O)Nc1cccc(C23CCCC(C2)N(CCCC2(O)CCCCC2)CC3)c1. The summed E-state index contributed by atoms with van der Waals surface area (Å²) in [6.45, 7) is 2.20. The summed E-state index contributed by atoms with van der Waals surface area (Å²) in [7, 11) is -3.26. The first-order valence-electron chi connectivity index (χ1n) is 11.8. The molecule has 0 radical (unpaired) electrons. The van der Waals surface area contributed by atoms with Gasteiger partial charge in [-0.15, -0.1) is 0 Å². The van der Waals surface area contributed by atoms with Gasteiger partial charge in [-0.1, -0.05) is 37.8 Å². The molecule has 3 fully saturated rings. The third-order valence-corrected chi connectivity index (χ3v) is 8.47. The standard InChI is InChI=1S/C24H38N2O3S/c1-30(28,29)25-21-9-5-8-20(18-21)23-11-6-10-22(19-23)26(17-15-23)16-7-14-24(27)12-3-2-4-13-24/h5,8-9,18,22,25,27H,2-4,6-7,10-17,19H2,1H3. The highest BCUT2D eigenvalue weighted by atomic mass is 32.2. The largest absolute Gasteiger partial charge is 0.390 e. The van der Waals surface area contributed by atoms with Gasteiger partial charge in [0.15, 0.2) is 0 Å². The molecule has 1 heterocycles. The molecule has 2 N–H and O–H groups in total. The number of fused-ring (bicyclic) bond motifs is 2. The highest BCUT2D eigenvalue weighted by Gasteiger charge is 2.43. The van der Waals surface area contributed by atoms with Crippen LogP contribution in [0.5, 0.6) is 0 Å². The van der Waals surface area contributed by atoms with Crippen molar-refractivity contribution in [3.8, 4) is 0 Å². The van der Waals surface area contributed by atoms with Crippen LogP contribution in [0, 0.1) is 0 Å². The summed E-state index contributed by atoms with van der Waals surface area (Å²) in [5.74, 6) is 0. The van der Waals surface area contributed by atoms with Crippen molar-refractivity contribution in [3.05, 3.63) is 29.8 Å². The summed E-state index contributed by atoms with van der Waals surface area (Å²) < 4.78 is 25.9. The third-order valence-electron chi connectivity index (χ3n) is 7.86. The molecule has 2 unspecified atom stereocenters. The van der Waals surface area contributed by atoms with Crippen LogP contribution >= 0.6 is 0 Å². The molecule has 168 valence electrons. The molecule has 30 heavy (non-hydrogen) atoms. The Morgan fingerprint density at radius 1 is 1.13 bits per heavy atom. The first kappa shape index (κ1) is 22.1. The number of nitrogens with one attached hydrogen (secondary N) is 1. The van der Waals surface area contributed by atoms with E-state index >= 15 is 0 Å². The van der Waals surface area contributed by atoms with E-state index in [4.69, 9.17) is 0 Å². The summed E-state index contributed by atoms with van der Waals surface area (Å²) >= 11 is 0. The van der Waals surface area contributed by atoms with Crippen molar-refractivity contribution in [3.63, 3.8) is 0 Å². The van der Waals surface area contributed by atoms with Crippen molar-refractivity contribution in [2.75, 3.05) is 24.1 Å². The van der Waals surface area contributed by atoms with Crippen LogP contribution < -0.4 is 4.72 Å². The molecule has 1 aromatic rings. The summed E-state index contributed by atoms with van der Waals surface area (Å²) in [5, 5.41) is 10.8. The molecule has 1 saturated heterocycles. The minimum atomic E-state index is -3.26. The second kappa shape index (κ2) is 8.79. The quantitative estimate of drug-likeness (QED) is 0.666. The van der Waals surface area contributed by atoms with Crippen LogP contribution in [0.15, 0.2) is 24.3 Å². The monoisotopic (exact) mass is 434 g/mol. The van der Waals surface area contributed by atoms with Gasteiger partial charge in [0.25, 0.3) is 0 Å². The number of likely N-dealkylation sites (tertiary alicyclic amines) is 1. The lowest BCUT2D eigenvalue weighted by atomic mass is 9.63. The van der Waals surface area contributed by atoms with E-state index in [9.17, 15) is 13.5 Å². The number of hydrogen-bond donors (Lipinski definition) is 2. The fourth-order valence-electron chi connectivity index (χ4n) is 6.31. The molecule has 2 atom stereocenters. The van der Waals surface area contributed by atoms with Crippen LogP contribution in [0.1, 0.15) is 82.6 Å². The normalized spacial score (nSPS) is 29.5. The molecule has 0 spiro atoms. The van der Waals surface area contributed by atoms with Gasteiger partial charge in [-0.05, 0) is 87.6 Å². The maximum absolute atomic E-state index is 11.6. The zero-order chi connectivity index (χ0) is 21.2. The zero-order valence-electron chi connectivity index (χ0n) is 18.4. The second-order valence-corrected chi connectivity index (χ2v) is 11.9. The van der Waals surface area contributed by atoms with Crippen LogP contribution in [0.2, 0.25) is 0 Å². The number of sulfonamides is 1. The number of aliphatic hydroxyl groups is 1. The summed E-state index contributed by atoms with van der Waals surface area (Å²) in [5.41, 5.74) is 1.74. The van der Waals surface area contributed by atoms with E-state index in [1.54, 1.807) is 0 Å². The Labute approximate surface area is 182 Å². The van der Waals surface area contributed by atoms with Crippen LogP contribution in [-0.2, 0) is 15.4 Å². The molecule has 5 nitrogen and oxygen atoms in total. The fourth-order valence-corrected chi connectivity index (χ4v) is 6.86. The number of nitrogens with zero attached hydrogens (tertiary/aromatic N) is 1. The Kier molecular flexibility index (Phi) is 6.48. The van der Waals surface area contributed by atoms with Gasteiger partial charge in [0.05, 0.1) is 11.9 Å². The molecule has 1 aliphatic heterocycles. The van der Waals surface area contributed by atoms with Gasteiger partial charge in [-0.2, -0.15) is 0 Å². The van der Waals surface area contributed by atoms with Gasteiger partial charge in [-0.3, -0.25) is 4.72 Å². The first-order chi connectivity index (χ1) is 14.3. The van der Waals surface area contributed by atoms with E-state index in [-0.39, 0.29) is 5.41 Å². The van der Waals surface area contributed by atoms with Gasteiger partial charge in [0.1, 0.15) is 0 Å². The fraction of sp³-hybridized carbons (Fsp3) is 0.750. The summed E-state index contributed by atoms with van der Waals surface area (Å²) in [4.78, 5) is 2.67. The van der Waals surface area contributed by atoms with Crippen molar-refractivity contribution < 1.29 is 13.5 Å². The van der Waals surface area contributed by atoms with Crippen LogP contribution in [0.4, 0.5) is 5.69 Å². The molecule has 6 heteroatoms. The Morgan fingerprint density at radius 3 is 2.70 bits per heavy atom. The average molecular weight is 435 g/mol. The predicted octanol–water partition coefficient (Wildman–Crippen LogP) is 4.42. The number of anilines is 1. The molecule has 1 aromatic carbocycles. The number of hydrogen-bond acceptors (Lipinski definition) is 4. The van der Waals surface area contributed by atoms with Gasteiger partial charge in [0.2, 0.25) is 10.0 Å². The average Bonchev–Trinajstić information content (AvgIpc) is 2.69. The maximum atomic E-state index is 11.6. The zero-order valence-corrected chi connectivity index (χ0v) is 19.2.